The van der Waals surface area contributed by atoms with Gasteiger partial charge in [0.25, 0.3) is 0 Å². The van der Waals surface area contributed by atoms with E-state index in [1.54, 1.807) is 12.5 Å². The van der Waals surface area contributed by atoms with Gasteiger partial charge in [0, 0.05) is 19.8 Å². The van der Waals surface area contributed by atoms with Gasteiger partial charge in [0.15, 0.2) is 0 Å². The largest absolute Gasteiger partial charge is 0.338 e. The van der Waals surface area contributed by atoms with Gasteiger partial charge in [-0.3, -0.25) is 0 Å². The summed E-state index contributed by atoms with van der Waals surface area (Å²) in [5.41, 5.74) is 1.01. The van der Waals surface area contributed by atoms with Crippen LogP contribution in [0.5, 0.6) is 0 Å². The van der Waals surface area contributed by atoms with Gasteiger partial charge < -0.3 is 15.2 Å². The van der Waals surface area contributed by atoms with Gasteiger partial charge in [-0.15, -0.1) is 0 Å². The maximum absolute atomic E-state index is 11.8. The molecule has 5 nitrogen and oxygen atoms in total. The van der Waals surface area contributed by atoms with Gasteiger partial charge in [-0.2, -0.15) is 0 Å². The molecule has 2 atom stereocenters. The Labute approximate surface area is 126 Å². The Morgan fingerprint density at radius 3 is 2.86 bits per heavy atom. The van der Waals surface area contributed by atoms with E-state index < -0.39 is 0 Å². The number of rotatable bonds is 5. The predicted octanol–water partition coefficient (Wildman–Crippen LogP) is 2.44. The van der Waals surface area contributed by atoms with Crippen molar-refractivity contribution in [1.29, 1.82) is 0 Å². The summed E-state index contributed by atoms with van der Waals surface area (Å²) in [5, 5.41) is 5.91. The molecule has 2 amide bonds. The molecule has 21 heavy (non-hydrogen) atoms. The van der Waals surface area contributed by atoms with E-state index in [1.807, 2.05) is 11.6 Å². The van der Waals surface area contributed by atoms with Crippen LogP contribution in [0.25, 0.3) is 0 Å². The van der Waals surface area contributed by atoms with E-state index in [4.69, 9.17) is 0 Å². The number of hydrogen-bond donors (Lipinski definition) is 2. The minimum atomic E-state index is -0.0644. The van der Waals surface area contributed by atoms with Crippen molar-refractivity contribution >= 4 is 6.03 Å². The summed E-state index contributed by atoms with van der Waals surface area (Å²) < 4.78 is 1.92. The molecule has 2 fully saturated rings. The standard InChI is InChI=1S/C16H26N4O/c1-20-11-17-9-14(20)10-19-16(21)18-8-13-7-15(13)12-5-3-2-4-6-12/h9,11-13,15H,2-8,10H2,1H3,(H2,18,19,21)/t13-,15-/m0/s1. The topological polar surface area (TPSA) is 59.0 Å². The summed E-state index contributed by atoms with van der Waals surface area (Å²) in [7, 11) is 1.93. The molecule has 1 aromatic heterocycles. The zero-order valence-electron chi connectivity index (χ0n) is 12.8. The molecule has 0 spiro atoms. The van der Waals surface area contributed by atoms with Crippen LogP contribution in [0.2, 0.25) is 0 Å². The molecular weight excluding hydrogens is 264 g/mol. The molecule has 0 unspecified atom stereocenters. The van der Waals surface area contributed by atoms with Crippen LogP contribution < -0.4 is 10.6 Å². The minimum absolute atomic E-state index is 0.0644. The highest BCUT2D eigenvalue weighted by Crippen LogP contribution is 2.48. The predicted molar refractivity (Wildman–Crippen MR) is 81.6 cm³/mol. The average molecular weight is 290 g/mol. The third-order valence-electron chi connectivity index (χ3n) is 5.10. The first kappa shape index (κ1) is 14.4. The fourth-order valence-electron chi connectivity index (χ4n) is 3.66. The lowest BCUT2D eigenvalue weighted by Gasteiger charge is -2.21. The summed E-state index contributed by atoms with van der Waals surface area (Å²) in [4.78, 5) is 15.8. The Morgan fingerprint density at radius 1 is 1.33 bits per heavy atom. The third-order valence-corrected chi connectivity index (χ3v) is 5.10. The molecule has 0 saturated heterocycles. The number of aromatic nitrogens is 2. The van der Waals surface area contributed by atoms with Gasteiger partial charge in [-0.25, -0.2) is 9.78 Å². The van der Waals surface area contributed by atoms with Crippen molar-refractivity contribution < 1.29 is 4.79 Å². The van der Waals surface area contributed by atoms with Crippen LogP contribution in [0, 0.1) is 17.8 Å². The quantitative estimate of drug-likeness (QED) is 0.875. The number of aryl methyl sites for hydroxylation is 1. The van der Waals surface area contributed by atoms with Crippen molar-refractivity contribution in [3.05, 3.63) is 18.2 Å². The molecule has 3 rings (SSSR count). The van der Waals surface area contributed by atoms with Crippen LogP contribution in [0.1, 0.15) is 44.2 Å². The number of carbonyl (C=O) groups is 1. The second-order valence-corrected chi connectivity index (χ2v) is 6.62. The lowest BCUT2D eigenvalue weighted by molar-refractivity contribution is 0.239. The Bertz CT molecular complexity index is 478. The Kier molecular flexibility index (Phi) is 4.46. The zero-order valence-corrected chi connectivity index (χ0v) is 12.8. The fourth-order valence-corrected chi connectivity index (χ4v) is 3.66. The molecule has 0 aliphatic heterocycles. The Morgan fingerprint density at radius 2 is 2.14 bits per heavy atom. The number of nitrogens with one attached hydrogen (secondary N) is 2. The highest BCUT2D eigenvalue weighted by Gasteiger charge is 2.42. The van der Waals surface area contributed by atoms with Crippen molar-refractivity contribution in [2.75, 3.05) is 6.54 Å². The SMILES string of the molecule is Cn1cncc1CNC(=O)NC[C@@H]1C[C@H]1C1CCCCC1. The number of imidazole rings is 1. The van der Waals surface area contributed by atoms with Crippen LogP contribution >= 0.6 is 0 Å². The summed E-state index contributed by atoms with van der Waals surface area (Å²) in [6.45, 7) is 1.36. The van der Waals surface area contributed by atoms with E-state index in [2.05, 4.69) is 15.6 Å². The molecule has 2 aliphatic carbocycles. The number of urea groups is 1. The molecule has 0 bridgehead atoms. The summed E-state index contributed by atoms with van der Waals surface area (Å²) in [6.07, 6.45) is 11.9. The molecule has 116 valence electrons. The minimum Gasteiger partial charge on any atom is -0.338 e. The van der Waals surface area contributed by atoms with E-state index in [0.717, 1.165) is 30.0 Å². The molecule has 0 radical (unpaired) electrons. The van der Waals surface area contributed by atoms with Crippen LogP contribution in [0.4, 0.5) is 4.79 Å². The van der Waals surface area contributed by atoms with Gasteiger partial charge >= 0.3 is 6.03 Å². The maximum Gasteiger partial charge on any atom is 0.315 e. The molecule has 0 aromatic carbocycles. The zero-order chi connectivity index (χ0) is 14.7. The molecule has 2 aliphatic rings. The Balaban J connectivity index is 1.32. The van der Waals surface area contributed by atoms with E-state index in [0.29, 0.717) is 6.54 Å². The van der Waals surface area contributed by atoms with Crippen molar-refractivity contribution in [2.45, 2.75) is 45.1 Å². The van der Waals surface area contributed by atoms with Gasteiger partial charge in [-0.05, 0) is 24.2 Å². The van der Waals surface area contributed by atoms with Crippen molar-refractivity contribution in [1.82, 2.24) is 20.2 Å². The highest BCUT2D eigenvalue weighted by molar-refractivity contribution is 5.73. The molecule has 2 saturated carbocycles. The van der Waals surface area contributed by atoms with E-state index in [9.17, 15) is 4.79 Å². The number of amides is 2. The average Bonchev–Trinajstić information content (AvgIpc) is 3.18. The third kappa shape index (κ3) is 3.77. The van der Waals surface area contributed by atoms with E-state index in [-0.39, 0.29) is 6.03 Å². The monoisotopic (exact) mass is 290 g/mol. The molecule has 1 heterocycles. The molecule has 5 heteroatoms. The first-order valence-corrected chi connectivity index (χ1v) is 8.21. The van der Waals surface area contributed by atoms with Crippen LogP contribution in [0.3, 0.4) is 0 Å². The van der Waals surface area contributed by atoms with Gasteiger partial charge in [-0.1, -0.05) is 32.1 Å². The van der Waals surface area contributed by atoms with Crippen molar-refractivity contribution in [2.24, 2.45) is 24.8 Å². The maximum atomic E-state index is 11.8. The fraction of sp³-hybridized carbons (Fsp3) is 0.750. The molecule has 2 N–H and O–H groups in total. The number of carbonyl (C=O) groups excluding carboxylic acids is 1. The number of hydrogen-bond acceptors (Lipinski definition) is 2. The van der Waals surface area contributed by atoms with Gasteiger partial charge in [0.1, 0.15) is 0 Å². The summed E-state index contributed by atoms with van der Waals surface area (Å²) in [6, 6.07) is -0.0644. The van der Waals surface area contributed by atoms with Crippen LogP contribution in [-0.2, 0) is 13.6 Å². The summed E-state index contributed by atoms with van der Waals surface area (Å²) >= 11 is 0. The summed E-state index contributed by atoms with van der Waals surface area (Å²) in [5.74, 6) is 2.53. The van der Waals surface area contributed by atoms with Crippen molar-refractivity contribution in [3.63, 3.8) is 0 Å². The Hall–Kier alpha value is -1.52. The normalized spacial score (nSPS) is 25.6. The molecular formula is C16H26N4O. The van der Waals surface area contributed by atoms with E-state index in [1.165, 1.54) is 38.5 Å². The lowest BCUT2D eigenvalue weighted by Crippen LogP contribution is -2.36. The highest BCUT2D eigenvalue weighted by atomic mass is 16.2. The first-order valence-electron chi connectivity index (χ1n) is 8.21. The van der Waals surface area contributed by atoms with E-state index >= 15 is 0 Å². The molecule has 1 aromatic rings. The second kappa shape index (κ2) is 6.50. The first-order chi connectivity index (χ1) is 10.2. The van der Waals surface area contributed by atoms with Gasteiger partial charge in [0.2, 0.25) is 0 Å². The van der Waals surface area contributed by atoms with Gasteiger partial charge in [0.05, 0.1) is 18.6 Å². The number of nitrogens with zero attached hydrogens (tertiary/aromatic N) is 2. The lowest BCUT2D eigenvalue weighted by atomic mass is 9.85. The second-order valence-electron chi connectivity index (χ2n) is 6.62. The smallest absolute Gasteiger partial charge is 0.315 e. The van der Waals surface area contributed by atoms with Crippen LogP contribution in [-0.4, -0.2) is 22.1 Å². The van der Waals surface area contributed by atoms with Crippen molar-refractivity contribution in [3.8, 4) is 0 Å². The van der Waals surface area contributed by atoms with Crippen LogP contribution in [0.15, 0.2) is 12.5 Å².